The second-order valence-electron chi connectivity index (χ2n) is 6.85. The van der Waals surface area contributed by atoms with Crippen LogP contribution < -0.4 is 0 Å². The van der Waals surface area contributed by atoms with Crippen LogP contribution >= 0.6 is 0 Å². The summed E-state index contributed by atoms with van der Waals surface area (Å²) in [6, 6.07) is 0. The summed E-state index contributed by atoms with van der Waals surface area (Å²) in [6.45, 7) is 14.2. The van der Waals surface area contributed by atoms with Gasteiger partial charge in [-0.1, -0.05) is 39.3 Å². The third-order valence-electron chi connectivity index (χ3n) is 3.06. The van der Waals surface area contributed by atoms with Crippen molar-refractivity contribution in [2.24, 2.45) is 0 Å². The molecule has 106 valence electrons. The van der Waals surface area contributed by atoms with E-state index in [1.165, 1.54) is 0 Å². The fourth-order valence-corrected chi connectivity index (χ4v) is 4.13. The van der Waals surface area contributed by atoms with E-state index in [0.29, 0.717) is 0 Å². The molecule has 0 heterocycles. The van der Waals surface area contributed by atoms with Crippen molar-refractivity contribution in [1.29, 1.82) is 0 Å². The molecule has 0 spiro atoms. The Morgan fingerprint density at radius 2 is 0.737 bits per heavy atom. The molecule has 0 aromatic rings. The summed E-state index contributed by atoms with van der Waals surface area (Å²) in [5, 5.41) is 0. The topological polar surface area (TPSA) is 0 Å². The number of hydrogen-bond acceptors (Lipinski definition) is 0. The predicted octanol–water partition coefficient (Wildman–Crippen LogP) is 4.54. The molecule has 2 saturated carbocycles. The molecule has 0 aromatic heterocycles. The Kier molecular flexibility index (Phi) is 8.83. The zero-order valence-electron chi connectivity index (χ0n) is 13.0. The minimum atomic E-state index is -0.981. The maximum absolute atomic E-state index is 2.36. The third-order valence-corrected chi connectivity index (χ3v) is 7.19. The Labute approximate surface area is 135 Å². The average Bonchev–Trinajstić information content (AvgIpc) is 2.91. The molecule has 0 amide bonds. The minimum absolute atomic E-state index is 0. The van der Waals surface area contributed by atoms with Gasteiger partial charge in [-0.2, -0.15) is 0 Å². The van der Waals surface area contributed by atoms with Crippen LogP contribution in [0.3, 0.4) is 0 Å². The maximum Gasteiger partial charge on any atom is 0.0516 e. The molecule has 0 aliphatic heterocycles. The van der Waals surface area contributed by atoms with Gasteiger partial charge < -0.3 is 0 Å². The number of rotatable bonds is 2. The van der Waals surface area contributed by atoms with E-state index in [4.69, 9.17) is 0 Å². The van der Waals surface area contributed by atoms with E-state index in [2.05, 4.69) is 90.6 Å². The fraction of sp³-hybridized carbons (Fsp3) is 0.375. The van der Waals surface area contributed by atoms with E-state index < -0.39 is 16.1 Å². The number of hydrogen-bond donors (Lipinski definition) is 0. The van der Waals surface area contributed by atoms with Gasteiger partial charge in [0.05, 0.1) is 16.1 Å². The van der Waals surface area contributed by atoms with Gasteiger partial charge in [-0.15, -0.1) is 0 Å². The zero-order valence-corrected chi connectivity index (χ0v) is 16.1. The summed E-state index contributed by atoms with van der Waals surface area (Å²) in [4.78, 5) is 0. The Morgan fingerprint density at radius 3 is 0.842 bits per heavy atom. The average molecular weight is 330 g/mol. The van der Waals surface area contributed by atoms with Crippen LogP contribution in [-0.4, -0.2) is 16.1 Å². The van der Waals surface area contributed by atoms with Crippen molar-refractivity contribution in [2.45, 2.75) is 39.3 Å². The first-order valence-corrected chi connectivity index (χ1v) is 13.7. The van der Waals surface area contributed by atoms with Crippen molar-refractivity contribution >= 4 is 16.1 Å². The van der Waals surface area contributed by atoms with Gasteiger partial charge >= 0.3 is 0 Å². The summed E-state index contributed by atoms with van der Waals surface area (Å²) < 4.78 is 0. The summed E-state index contributed by atoms with van der Waals surface area (Å²) >= 11 is 0. The zero-order chi connectivity index (χ0) is 13.8. The first-order valence-electron chi connectivity index (χ1n) is 6.65. The largest absolute Gasteiger partial charge is 0.0691 e. The van der Waals surface area contributed by atoms with Crippen molar-refractivity contribution in [1.82, 2.24) is 0 Å². The van der Waals surface area contributed by atoms with E-state index in [9.17, 15) is 0 Å². The fourth-order valence-electron chi connectivity index (χ4n) is 1.75. The second kappa shape index (κ2) is 8.41. The summed E-state index contributed by atoms with van der Waals surface area (Å²) in [7, 11) is -1.96. The van der Waals surface area contributed by atoms with Gasteiger partial charge in [0.25, 0.3) is 0 Å². The molecule has 19 heavy (non-hydrogen) atoms. The van der Waals surface area contributed by atoms with Crippen LogP contribution in [0.1, 0.15) is 0 Å². The van der Waals surface area contributed by atoms with Gasteiger partial charge in [-0.3, -0.25) is 0 Å². The Hall–Kier alpha value is 0.953. The van der Waals surface area contributed by atoms with Gasteiger partial charge in [-0.05, 0) is 62.4 Å². The molecule has 3 heteroatoms. The van der Waals surface area contributed by atoms with Gasteiger partial charge in [-0.25, -0.2) is 0 Å². The molecule has 0 atom stereocenters. The van der Waals surface area contributed by atoms with Crippen LogP contribution in [0.15, 0.2) is 0 Å². The Bertz CT molecular complexity index is 202. The van der Waals surface area contributed by atoms with Gasteiger partial charge in [0.1, 0.15) is 0 Å². The van der Waals surface area contributed by atoms with Gasteiger partial charge in [0, 0.05) is 17.1 Å². The van der Waals surface area contributed by atoms with Crippen LogP contribution in [-0.2, 0) is 17.1 Å². The van der Waals surface area contributed by atoms with Crippen molar-refractivity contribution in [3.8, 4) is 0 Å². The van der Waals surface area contributed by atoms with Crippen molar-refractivity contribution in [2.75, 3.05) is 0 Å². The molecule has 0 N–H and O–H groups in total. The molecular formula is C16H26FeSi2. The van der Waals surface area contributed by atoms with E-state index in [0.717, 1.165) is 0 Å². The standard InChI is InChI=1S/2C8H13Si.Fe/c2*1-9(2,3)8-6-4-5-7-8;/h2*4-7H,1-3H3;. The summed E-state index contributed by atoms with van der Waals surface area (Å²) in [6.07, 6.45) is 17.4. The van der Waals surface area contributed by atoms with E-state index >= 15 is 0 Å². The van der Waals surface area contributed by atoms with Crippen LogP contribution in [0.4, 0.5) is 0 Å². The molecule has 0 bridgehead atoms. The molecule has 2 aliphatic rings. The van der Waals surface area contributed by atoms with Crippen LogP contribution in [0, 0.1) is 62.4 Å². The van der Waals surface area contributed by atoms with Crippen LogP contribution in [0.5, 0.6) is 0 Å². The Morgan fingerprint density at radius 1 is 0.526 bits per heavy atom. The maximum atomic E-state index is 2.36. The molecule has 0 nitrogen and oxygen atoms in total. The van der Waals surface area contributed by atoms with E-state index in [-0.39, 0.29) is 17.1 Å². The molecule has 2 aliphatic carbocycles. The van der Waals surface area contributed by atoms with Crippen molar-refractivity contribution in [3.63, 3.8) is 0 Å². The van der Waals surface area contributed by atoms with Crippen LogP contribution in [0.25, 0.3) is 0 Å². The van der Waals surface area contributed by atoms with Crippen molar-refractivity contribution < 1.29 is 17.1 Å². The van der Waals surface area contributed by atoms with Crippen molar-refractivity contribution in [3.05, 3.63) is 62.4 Å². The van der Waals surface area contributed by atoms with Crippen LogP contribution in [0.2, 0.25) is 39.3 Å². The van der Waals surface area contributed by atoms with E-state index in [1.54, 1.807) is 11.1 Å². The minimum Gasteiger partial charge on any atom is -0.0691 e. The molecule has 0 saturated heterocycles. The quantitative estimate of drug-likeness (QED) is 0.652. The summed E-state index contributed by atoms with van der Waals surface area (Å²) in [5.74, 6) is 0. The second-order valence-corrected chi connectivity index (χ2v) is 17.0. The monoisotopic (exact) mass is 330 g/mol. The first-order chi connectivity index (χ1) is 8.21. The smallest absolute Gasteiger partial charge is 0.0516 e. The molecular weight excluding hydrogens is 304 g/mol. The summed E-state index contributed by atoms with van der Waals surface area (Å²) in [5.41, 5.74) is 3.12. The molecule has 0 aromatic carbocycles. The molecule has 10 radical (unpaired) electrons. The Balaban J connectivity index is 0.000000324. The van der Waals surface area contributed by atoms with Gasteiger partial charge in [0.2, 0.25) is 0 Å². The molecule has 2 rings (SSSR count). The van der Waals surface area contributed by atoms with E-state index in [1.807, 2.05) is 0 Å². The first kappa shape index (κ1) is 20.0. The molecule has 2 fully saturated rings. The SMILES string of the molecule is C[Si](C)(C)[C]1[CH][CH][CH][CH]1.C[Si](C)(C)[C]1[CH][CH][CH][CH]1.[Fe]. The van der Waals surface area contributed by atoms with Gasteiger partial charge in [0.15, 0.2) is 0 Å². The normalized spacial score (nSPS) is 21.8. The third kappa shape index (κ3) is 7.50. The molecule has 0 unspecified atom stereocenters. The predicted molar refractivity (Wildman–Crippen MR) is 87.6 cm³/mol.